The van der Waals surface area contributed by atoms with Gasteiger partial charge in [-0.2, -0.15) is 0 Å². The van der Waals surface area contributed by atoms with Crippen molar-refractivity contribution in [2.24, 2.45) is 0 Å². The zero-order chi connectivity index (χ0) is 20.7. The first-order chi connectivity index (χ1) is 13.2. The molecule has 0 fully saturated rings. The second-order valence-corrected chi connectivity index (χ2v) is 7.52. The largest absolute Gasteiger partial charge is 0.494 e. The predicted octanol–water partition coefficient (Wildman–Crippen LogP) is 5.39. The van der Waals surface area contributed by atoms with Gasteiger partial charge in [-0.25, -0.2) is 0 Å². The van der Waals surface area contributed by atoms with Crippen molar-refractivity contribution in [2.45, 2.75) is 52.4 Å². The molecule has 6 heteroatoms. The molecule has 28 heavy (non-hydrogen) atoms. The number of nitrogens with zero attached hydrogens (tertiary/aromatic N) is 1. The molecular formula is C22H28N2O4. The lowest BCUT2D eigenvalue weighted by Crippen LogP contribution is -2.15. The highest BCUT2D eigenvalue weighted by molar-refractivity contribution is 5.91. The number of hydrogen-bond acceptors (Lipinski definition) is 4. The van der Waals surface area contributed by atoms with Crippen LogP contribution in [0.3, 0.4) is 0 Å². The van der Waals surface area contributed by atoms with E-state index >= 15 is 0 Å². The van der Waals surface area contributed by atoms with Crippen LogP contribution in [0.4, 0.5) is 11.4 Å². The molecule has 0 atom stereocenters. The van der Waals surface area contributed by atoms with Crippen LogP contribution >= 0.6 is 0 Å². The van der Waals surface area contributed by atoms with Gasteiger partial charge >= 0.3 is 0 Å². The summed E-state index contributed by atoms with van der Waals surface area (Å²) in [7, 11) is 0. The van der Waals surface area contributed by atoms with Crippen LogP contribution in [-0.2, 0) is 10.2 Å². The van der Waals surface area contributed by atoms with E-state index in [-0.39, 0.29) is 23.4 Å². The second-order valence-electron chi connectivity index (χ2n) is 7.52. The molecular weight excluding hydrogens is 356 g/mol. The van der Waals surface area contributed by atoms with E-state index in [0.29, 0.717) is 18.7 Å². The summed E-state index contributed by atoms with van der Waals surface area (Å²) >= 11 is 0. The van der Waals surface area contributed by atoms with Crippen LogP contribution < -0.4 is 10.1 Å². The summed E-state index contributed by atoms with van der Waals surface area (Å²) in [6.45, 7) is 8.82. The van der Waals surface area contributed by atoms with Gasteiger partial charge in [0.1, 0.15) is 5.75 Å². The van der Waals surface area contributed by atoms with Gasteiger partial charge in [-0.15, -0.1) is 0 Å². The molecule has 1 N–H and O–H groups in total. The molecule has 0 aromatic heterocycles. The second kappa shape index (κ2) is 9.35. The van der Waals surface area contributed by atoms with Crippen molar-refractivity contribution in [3.63, 3.8) is 0 Å². The summed E-state index contributed by atoms with van der Waals surface area (Å²) in [6, 6.07) is 12.5. The summed E-state index contributed by atoms with van der Waals surface area (Å²) in [6.07, 6.45) is 1.90. The Morgan fingerprint density at radius 3 is 2.46 bits per heavy atom. The lowest BCUT2D eigenvalue weighted by molar-refractivity contribution is -0.384. The van der Waals surface area contributed by atoms with E-state index < -0.39 is 4.92 Å². The molecule has 0 aliphatic rings. The van der Waals surface area contributed by atoms with E-state index in [4.69, 9.17) is 4.74 Å². The van der Waals surface area contributed by atoms with Crippen LogP contribution in [0, 0.1) is 17.0 Å². The minimum atomic E-state index is -0.476. The van der Waals surface area contributed by atoms with Crippen LogP contribution in [-0.4, -0.2) is 17.4 Å². The van der Waals surface area contributed by atoms with Crippen molar-refractivity contribution in [3.05, 3.63) is 63.7 Å². The molecule has 2 aromatic carbocycles. The standard InChI is InChI=1S/C22H28N2O4/c1-5-22(3,4)17-9-12-19(13-10-17)28-14-6-7-21(25)23-20-15-18(24(26)27)11-8-16(20)2/h8-13,15H,5-7,14H2,1-4H3,(H,23,25). The molecule has 150 valence electrons. The van der Waals surface area contributed by atoms with Crippen molar-refractivity contribution in [1.82, 2.24) is 0 Å². The Hall–Kier alpha value is -2.89. The first-order valence-corrected chi connectivity index (χ1v) is 9.51. The Labute approximate surface area is 166 Å². The third kappa shape index (κ3) is 5.81. The highest BCUT2D eigenvalue weighted by Crippen LogP contribution is 2.28. The summed E-state index contributed by atoms with van der Waals surface area (Å²) in [5.74, 6) is 0.595. The normalized spacial score (nSPS) is 11.1. The predicted molar refractivity (Wildman–Crippen MR) is 111 cm³/mol. The number of carbonyl (C=O) groups excluding carboxylic acids is 1. The highest BCUT2D eigenvalue weighted by Gasteiger charge is 2.17. The van der Waals surface area contributed by atoms with Gasteiger partial charge in [0.05, 0.1) is 17.2 Å². The molecule has 2 aromatic rings. The summed E-state index contributed by atoms with van der Waals surface area (Å²) < 4.78 is 5.71. The Kier molecular flexibility index (Phi) is 7.15. The van der Waals surface area contributed by atoms with Gasteiger partial charge in [0.2, 0.25) is 5.91 Å². The molecule has 0 aliphatic carbocycles. The number of hydrogen-bond donors (Lipinski definition) is 1. The fraction of sp³-hybridized carbons (Fsp3) is 0.409. The van der Waals surface area contributed by atoms with Gasteiger partial charge < -0.3 is 10.1 Å². The molecule has 6 nitrogen and oxygen atoms in total. The van der Waals surface area contributed by atoms with Gasteiger partial charge in [0.25, 0.3) is 5.69 Å². The van der Waals surface area contributed by atoms with Crippen molar-refractivity contribution in [3.8, 4) is 5.75 Å². The molecule has 0 spiro atoms. The van der Waals surface area contributed by atoms with Crippen molar-refractivity contribution in [1.29, 1.82) is 0 Å². The number of carbonyl (C=O) groups is 1. The van der Waals surface area contributed by atoms with Crippen LogP contribution in [0.5, 0.6) is 5.75 Å². The third-order valence-corrected chi connectivity index (χ3v) is 5.04. The quantitative estimate of drug-likeness (QED) is 0.357. The first kappa shape index (κ1) is 21.4. The van der Waals surface area contributed by atoms with E-state index in [1.54, 1.807) is 13.0 Å². The number of aryl methyl sites for hydroxylation is 1. The minimum Gasteiger partial charge on any atom is -0.494 e. The Bertz CT molecular complexity index is 829. The zero-order valence-electron chi connectivity index (χ0n) is 17.0. The topological polar surface area (TPSA) is 81.5 Å². The number of anilines is 1. The molecule has 0 saturated carbocycles. The maximum atomic E-state index is 12.1. The Morgan fingerprint density at radius 2 is 1.86 bits per heavy atom. The summed E-state index contributed by atoms with van der Waals surface area (Å²) in [4.78, 5) is 22.5. The van der Waals surface area contributed by atoms with Gasteiger partial charge in [-0.1, -0.05) is 39.0 Å². The average Bonchev–Trinajstić information content (AvgIpc) is 2.67. The van der Waals surface area contributed by atoms with Gasteiger partial charge in [0.15, 0.2) is 0 Å². The van der Waals surface area contributed by atoms with Crippen LogP contribution in [0.2, 0.25) is 0 Å². The highest BCUT2D eigenvalue weighted by atomic mass is 16.6. The summed E-state index contributed by atoms with van der Waals surface area (Å²) in [5, 5.41) is 13.6. The number of ether oxygens (including phenoxy) is 1. The molecule has 1 amide bonds. The number of nitro groups is 1. The number of benzene rings is 2. The maximum absolute atomic E-state index is 12.1. The molecule has 0 bridgehead atoms. The first-order valence-electron chi connectivity index (χ1n) is 9.51. The van der Waals surface area contributed by atoms with E-state index in [2.05, 4.69) is 38.2 Å². The summed E-state index contributed by atoms with van der Waals surface area (Å²) in [5.41, 5.74) is 2.62. The van der Waals surface area contributed by atoms with Gasteiger partial charge in [-0.05, 0) is 48.4 Å². The number of nitro benzene ring substituents is 1. The lowest BCUT2D eigenvalue weighted by atomic mass is 9.82. The smallest absolute Gasteiger partial charge is 0.271 e. The monoisotopic (exact) mass is 384 g/mol. The molecule has 2 rings (SSSR count). The maximum Gasteiger partial charge on any atom is 0.271 e. The number of nitrogens with one attached hydrogen (secondary N) is 1. The van der Waals surface area contributed by atoms with Crippen molar-refractivity contribution in [2.75, 3.05) is 11.9 Å². The van der Waals surface area contributed by atoms with E-state index in [0.717, 1.165) is 17.7 Å². The van der Waals surface area contributed by atoms with Gasteiger partial charge in [0, 0.05) is 18.6 Å². The SMILES string of the molecule is CCC(C)(C)c1ccc(OCCCC(=O)Nc2cc([N+](=O)[O-])ccc2C)cc1. The van der Waals surface area contributed by atoms with Gasteiger partial charge in [-0.3, -0.25) is 14.9 Å². The average molecular weight is 384 g/mol. The molecule has 0 aliphatic heterocycles. The number of non-ortho nitro benzene ring substituents is 1. The molecule has 0 radical (unpaired) electrons. The number of rotatable bonds is 9. The Balaban J connectivity index is 1.80. The fourth-order valence-corrected chi connectivity index (χ4v) is 2.70. The number of amides is 1. The molecule has 0 saturated heterocycles. The van der Waals surface area contributed by atoms with Crippen LogP contribution in [0.15, 0.2) is 42.5 Å². The van der Waals surface area contributed by atoms with E-state index in [1.165, 1.54) is 17.7 Å². The van der Waals surface area contributed by atoms with Crippen molar-refractivity contribution < 1.29 is 14.5 Å². The lowest BCUT2D eigenvalue weighted by Gasteiger charge is -2.23. The zero-order valence-corrected chi connectivity index (χ0v) is 17.0. The van der Waals surface area contributed by atoms with Crippen molar-refractivity contribution >= 4 is 17.3 Å². The van der Waals surface area contributed by atoms with E-state index in [1.807, 2.05) is 12.1 Å². The minimum absolute atomic E-state index is 0.0427. The fourth-order valence-electron chi connectivity index (χ4n) is 2.70. The molecule has 0 heterocycles. The third-order valence-electron chi connectivity index (χ3n) is 5.04. The molecule has 0 unspecified atom stereocenters. The van der Waals surface area contributed by atoms with E-state index in [9.17, 15) is 14.9 Å². The van der Waals surface area contributed by atoms with Crippen LogP contribution in [0.25, 0.3) is 0 Å². The Morgan fingerprint density at radius 1 is 1.18 bits per heavy atom. The van der Waals surface area contributed by atoms with Crippen LogP contribution in [0.1, 0.15) is 51.2 Å².